The number of carbonyl (C=O) groups is 1. The predicted octanol–water partition coefficient (Wildman–Crippen LogP) is 3.77. The molecule has 0 aliphatic rings. The van der Waals surface area contributed by atoms with Gasteiger partial charge in [-0.3, -0.25) is 9.78 Å². The van der Waals surface area contributed by atoms with Gasteiger partial charge in [-0.25, -0.2) is 0 Å². The molecule has 0 atom stereocenters. The second-order valence-corrected chi connectivity index (χ2v) is 4.62. The first-order chi connectivity index (χ1) is 10.3. The van der Waals surface area contributed by atoms with Gasteiger partial charge in [0.2, 0.25) is 0 Å². The smallest absolute Gasteiger partial charge is 0.185 e. The van der Waals surface area contributed by atoms with Crippen molar-refractivity contribution in [3.05, 3.63) is 90.5 Å². The molecule has 0 N–H and O–H groups in total. The van der Waals surface area contributed by atoms with Crippen molar-refractivity contribution in [3.8, 4) is 5.69 Å². The Hall–Kier alpha value is -2.94. The fourth-order valence-corrected chi connectivity index (χ4v) is 2.05. The first kappa shape index (κ1) is 13.1. The highest BCUT2D eigenvalue weighted by atomic mass is 16.1. The summed E-state index contributed by atoms with van der Waals surface area (Å²) in [5, 5.41) is 0. The molecule has 0 aliphatic carbocycles. The number of pyridine rings is 1. The van der Waals surface area contributed by atoms with E-state index in [9.17, 15) is 4.79 Å². The van der Waals surface area contributed by atoms with Crippen molar-refractivity contribution in [1.82, 2.24) is 9.55 Å². The summed E-state index contributed by atoms with van der Waals surface area (Å²) < 4.78 is 2.00. The van der Waals surface area contributed by atoms with E-state index in [0.29, 0.717) is 5.56 Å². The molecule has 0 radical (unpaired) electrons. The minimum absolute atomic E-state index is 0.00846. The van der Waals surface area contributed by atoms with Crippen LogP contribution in [0.2, 0.25) is 0 Å². The molecule has 3 aromatic rings. The number of rotatable bonds is 4. The molecule has 0 aliphatic heterocycles. The maximum absolute atomic E-state index is 12.1. The number of aromatic nitrogens is 2. The van der Waals surface area contributed by atoms with Gasteiger partial charge in [-0.15, -0.1) is 0 Å². The molecule has 2 heterocycles. The molecule has 0 amide bonds. The molecule has 0 unspecified atom stereocenters. The Morgan fingerprint density at radius 2 is 1.62 bits per heavy atom. The molecule has 2 aromatic heterocycles. The van der Waals surface area contributed by atoms with Crippen molar-refractivity contribution >= 4 is 11.9 Å². The molecule has 0 fully saturated rings. The molecular weight excluding hydrogens is 260 g/mol. The van der Waals surface area contributed by atoms with Crippen LogP contribution in [0.4, 0.5) is 0 Å². The number of hydrogen-bond donors (Lipinski definition) is 0. The number of hydrogen-bond acceptors (Lipinski definition) is 2. The fourth-order valence-electron chi connectivity index (χ4n) is 2.05. The molecule has 21 heavy (non-hydrogen) atoms. The normalized spacial score (nSPS) is 10.9. The summed E-state index contributed by atoms with van der Waals surface area (Å²) in [6.45, 7) is 0. The van der Waals surface area contributed by atoms with E-state index in [2.05, 4.69) is 4.98 Å². The van der Waals surface area contributed by atoms with Crippen LogP contribution in [-0.4, -0.2) is 15.3 Å². The standard InChI is InChI=1S/C18H14N2O/c21-18(8-3-15-9-11-19-12-10-15)16-4-6-17(7-5-16)20-13-1-2-14-20/h1-14H/b8-3+. The summed E-state index contributed by atoms with van der Waals surface area (Å²) in [5.41, 5.74) is 2.67. The first-order valence-electron chi connectivity index (χ1n) is 6.69. The Kier molecular flexibility index (Phi) is 3.74. The molecule has 102 valence electrons. The van der Waals surface area contributed by atoms with Crippen LogP contribution >= 0.6 is 0 Å². The van der Waals surface area contributed by atoms with Crippen LogP contribution in [0.25, 0.3) is 11.8 Å². The molecule has 3 rings (SSSR count). The third kappa shape index (κ3) is 3.15. The van der Waals surface area contributed by atoms with E-state index in [1.54, 1.807) is 24.5 Å². The number of nitrogens with zero attached hydrogens (tertiary/aromatic N) is 2. The molecule has 3 heteroatoms. The Morgan fingerprint density at radius 1 is 0.952 bits per heavy atom. The van der Waals surface area contributed by atoms with Gasteiger partial charge in [-0.2, -0.15) is 0 Å². The van der Waals surface area contributed by atoms with Gasteiger partial charge in [0.05, 0.1) is 0 Å². The molecular formula is C18H14N2O. The minimum Gasteiger partial charge on any atom is -0.324 e. The predicted molar refractivity (Wildman–Crippen MR) is 83.4 cm³/mol. The zero-order valence-electron chi connectivity index (χ0n) is 11.4. The zero-order valence-corrected chi connectivity index (χ0v) is 11.4. The van der Waals surface area contributed by atoms with Crippen LogP contribution < -0.4 is 0 Å². The van der Waals surface area contributed by atoms with Crippen LogP contribution in [0.15, 0.2) is 79.4 Å². The quantitative estimate of drug-likeness (QED) is 0.536. The van der Waals surface area contributed by atoms with Crippen LogP contribution in [-0.2, 0) is 0 Å². The van der Waals surface area contributed by atoms with Gasteiger partial charge in [-0.1, -0.05) is 6.08 Å². The van der Waals surface area contributed by atoms with Crippen LogP contribution in [0.1, 0.15) is 15.9 Å². The average Bonchev–Trinajstić information content (AvgIpc) is 3.08. The van der Waals surface area contributed by atoms with E-state index in [0.717, 1.165) is 11.3 Å². The Morgan fingerprint density at radius 3 is 2.29 bits per heavy atom. The van der Waals surface area contributed by atoms with Gasteiger partial charge >= 0.3 is 0 Å². The first-order valence-corrected chi connectivity index (χ1v) is 6.69. The number of allylic oxidation sites excluding steroid dienone is 1. The van der Waals surface area contributed by atoms with Gasteiger partial charge in [0.1, 0.15) is 0 Å². The van der Waals surface area contributed by atoms with Crippen LogP contribution in [0.5, 0.6) is 0 Å². The molecule has 1 aromatic carbocycles. The lowest BCUT2D eigenvalue weighted by Gasteiger charge is -2.03. The van der Waals surface area contributed by atoms with Crippen molar-refractivity contribution in [2.45, 2.75) is 0 Å². The maximum Gasteiger partial charge on any atom is 0.185 e. The number of benzene rings is 1. The zero-order chi connectivity index (χ0) is 14.5. The minimum atomic E-state index is -0.00846. The Bertz CT molecular complexity index is 742. The van der Waals surface area contributed by atoms with Gasteiger partial charge in [0.25, 0.3) is 0 Å². The van der Waals surface area contributed by atoms with E-state index in [4.69, 9.17) is 0 Å². The number of carbonyl (C=O) groups excluding carboxylic acids is 1. The second-order valence-electron chi connectivity index (χ2n) is 4.62. The summed E-state index contributed by atoms with van der Waals surface area (Å²) in [4.78, 5) is 16.1. The lowest BCUT2D eigenvalue weighted by atomic mass is 10.1. The average molecular weight is 274 g/mol. The largest absolute Gasteiger partial charge is 0.324 e. The highest BCUT2D eigenvalue weighted by molar-refractivity contribution is 6.06. The van der Waals surface area contributed by atoms with Crippen molar-refractivity contribution in [3.63, 3.8) is 0 Å². The maximum atomic E-state index is 12.1. The number of ketones is 1. The topological polar surface area (TPSA) is 34.9 Å². The van der Waals surface area contributed by atoms with E-state index < -0.39 is 0 Å². The highest BCUT2D eigenvalue weighted by Crippen LogP contribution is 2.11. The van der Waals surface area contributed by atoms with Crippen molar-refractivity contribution in [2.75, 3.05) is 0 Å². The third-order valence-electron chi connectivity index (χ3n) is 3.19. The molecule has 0 bridgehead atoms. The SMILES string of the molecule is O=C(/C=C/c1ccncc1)c1ccc(-n2cccc2)cc1. The van der Waals surface area contributed by atoms with Crippen molar-refractivity contribution < 1.29 is 4.79 Å². The van der Waals surface area contributed by atoms with Gasteiger partial charge in [-0.05, 0) is 60.2 Å². The third-order valence-corrected chi connectivity index (χ3v) is 3.19. The van der Waals surface area contributed by atoms with E-state index >= 15 is 0 Å². The van der Waals surface area contributed by atoms with Crippen molar-refractivity contribution in [1.29, 1.82) is 0 Å². The summed E-state index contributed by atoms with van der Waals surface area (Å²) in [6, 6.07) is 15.2. The van der Waals surface area contributed by atoms with Crippen LogP contribution in [0.3, 0.4) is 0 Å². The Labute approximate surface area is 123 Å². The summed E-state index contributed by atoms with van der Waals surface area (Å²) >= 11 is 0. The molecule has 0 saturated carbocycles. The van der Waals surface area contributed by atoms with Crippen LogP contribution in [0, 0.1) is 0 Å². The monoisotopic (exact) mass is 274 g/mol. The summed E-state index contributed by atoms with van der Waals surface area (Å²) in [5.74, 6) is -0.00846. The fraction of sp³-hybridized carbons (Fsp3) is 0. The lowest BCUT2D eigenvalue weighted by molar-refractivity contribution is 0.104. The van der Waals surface area contributed by atoms with E-state index in [1.807, 2.05) is 65.5 Å². The summed E-state index contributed by atoms with van der Waals surface area (Å²) in [7, 11) is 0. The molecule has 3 nitrogen and oxygen atoms in total. The van der Waals surface area contributed by atoms with Gasteiger partial charge in [0, 0.05) is 36.0 Å². The lowest BCUT2D eigenvalue weighted by Crippen LogP contribution is -1.96. The van der Waals surface area contributed by atoms with Gasteiger partial charge in [0.15, 0.2) is 5.78 Å². The van der Waals surface area contributed by atoms with Gasteiger partial charge < -0.3 is 4.57 Å². The second kappa shape index (κ2) is 6.01. The Balaban J connectivity index is 1.75. The molecule has 0 spiro atoms. The van der Waals surface area contributed by atoms with E-state index in [-0.39, 0.29) is 5.78 Å². The summed E-state index contributed by atoms with van der Waals surface area (Å²) in [6.07, 6.45) is 10.7. The molecule has 0 saturated heterocycles. The highest BCUT2D eigenvalue weighted by Gasteiger charge is 2.02. The van der Waals surface area contributed by atoms with Crippen molar-refractivity contribution in [2.24, 2.45) is 0 Å². The van der Waals surface area contributed by atoms with E-state index in [1.165, 1.54) is 0 Å².